The fraction of sp³-hybridized carbons (Fsp3) is 0.756. The van der Waals surface area contributed by atoms with Gasteiger partial charge in [-0.05, 0) is 82.0 Å². The Morgan fingerprint density at radius 3 is 1.75 bits per heavy atom. The van der Waals surface area contributed by atoms with Gasteiger partial charge in [-0.2, -0.15) is 0 Å². The molecule has 2 aliphatic heterocycles. The summed E-state index contributed by atoms with van der Waals surface area (Å²) in [4.78, 5) is 30.1. The standard InChI is InChI=1S/C41H68FN3O3/c1-2-3-4-5-6-7-8-9-10-11-12-13-14-15-16-17-19-24-39(46)48-38(36-25-27-37(42)28-26-36)23-22-31-44-34-29-41(30-35-44,40(43)47)45-32-20-18-21-33-45/h23,25-28H,2-22,24,29-35H2,1H3,(H2,43,47)/b38-23-. The number of ether oxygens (including phenoxy) is 1. The van der Waals surface area contributed by atoms with Gasteiger partial charge in [-0.3, -0.25) is 14.5 Å². The number of likely N-dealkylation sites (tertiary alicyclic amines) is 2. The summed E-state index contributed by atoms with van der Waals surface area (Å²) in [7, 11) is 0. The fourth-order valence-corrected chi connectivity index (χ4v) is 7.57. The van der Waals surface area contributed by atoms with Gasteiger partial charge in [0.1, 0.15) is 17.1 Å². The van der Waals surface area contributed by atoms with Gasteiger partial charge in [-0.15, -0.1) is 0 Å². The maximum absolute atomic E-state index is 13.6. The Balaban J connectivity index is 1.29. The molecule has 0 bridgehead atoms. The highest BCUT2D eigenvalue weighted by Gasteiger charge is 2.44. The van der Waals surface area contributed by atoms with E-state index in [2.05, 4.69) is 16.7 Å². The number of amides is 1. The van der Waals surface area contributed by atoms with Crippen LogP contribution in [0.25, 0.3) is 5.76 Å². The van der Waals surface area contributed by atoms with E-state index in [1.165, 1.54) is 108 Å². The van der Waals surface area contributed by atoms with Gasteiger partial charge in [0.15, 0.2) is 0 Å². The van der Waals surface area contributed by atoms with Crippen molar-refractivity contribution in [3.8, 4) is 0 Å². The summed E-state index contributed by atoms with van der Waals surface area (Å²) in [5.74, 6) is -0.219. The average Bonchev–Trinajstić information content (AvgIpc) is 3.10. The van der Waals surface area contributed by atoms with Gasteiger partial charge in [0.05, 0.1) is 0 Å². The molecular weight excluding hydrogens is 601 g/mol. The SMILES string of the molecule is CCCCCCCCCCCCCCCCCCCC(=O)O/C(=C\CCN1CCC(C(N)=O)(N2CCCCC2)CC1)c1ccc(F)cc1. The first-order valence-electron chi connectivity index (χ1n) is 19.9. The van der Waals surface area contributed by atoms with Crippen LogP contribution in [0.5, 0.6) is 0 Å². The number of unbranched alkanes of at least 4 members (excludes halogenated alkanes) is 16. The van der Waals surface area contributed by atoms with Gasteiger partial charge in [0.2, 0.25) is 5.91 Å². The van der Waals surface area contributed by atoms with Crippen molar-refractivity contribution in [3.05, 3.63) is 41.7 Å². The third kappa shape index (κ3) is 15.1. The number of nitrogens with zero attached hydrogens (tertiary/aromatic N) is 2. The second-order valence-corrected chi connectivity index (χ2v) is 14.5. The van der Waals surface area contributed by atoms with Crippen molar-refractivity contribution >= 4 is 17.6 Å². The predicted octanol–water partition coefficient (Wildman–Crippen LogP) is 9.95. The van der Waals surface area contributed by atoms with Crippen LogP contribution in [0.15, 0.2) is 30.3 Å². The van der Waals surface area contributed by atoms with Crippen LogP contribution < -0.4 is 5.73 Å². The minimum Gasteiger partial charge on any atom is -0.426 e. The number of benzene rings is 1. The maximum Gasteiger partial charge on any atom is 0.311 e. The van der Waals surface area contributed by atoms with E-state index in [4.69, 9.17) is 10.5 Å². The Hall–Kier alpha value is -2.25. The van der Waals surface area contributed by atoms with Crippen LogP contribution in [0.1, 0.15) is 167 Å². The van der Waals surface area contributed by atoms with Gasteiger partial charge < -0.3 is 15.4 Å². The quantitative estimate of drug-likeness (QED) is 0.0637. The monoisotopic (exact) mass is 670 g/mol. The molecule has 0 spiro atoms. The number of esters is 1. The van der Waals surface area contributed by atoms with Gasteiger partial charge in [-0.1, -0.05) is 116 Å². The Labute approximate surface area is 292 Å². The van der Waals surface area contributed by atoms with Crippen LogP contribution in [-0.2, 0) is 14.3 Å². The lowest BCUT2D eigenvalue weighted by Gasteiger charge is -2.48. The Morgan fingerprint density at radius 1 is 0.750 bits per heavy atom. The molecule has 2 heterocycles. The van der Waals surface area contributed by atoms with E-state index < -0.39 is 5.54 Å². The lowest BCUT2D eigenvalue weighted by atomic mass is 9.83. The Morgan fingerprint density at radius 2 is 1.25 bits per heavy atom. The first-order valence-corrected chi connectivity index (χ1v) is 19.9. The number of piperidine rings is 2. The van der Waals surface area contributed by atoms with Crippen LogP contribution >= 0.6 is 0 Å². The molecule has 0 radical (unpaired) electrons. The average molecular weight is 670 g/mol. The molecule has 2 N–H and O–H groups in total. The highest BCUT2D eigenvalue weighted by Crippen LogP contribution is 2.32. The minimum absolute atomic E-state index is 0.186. The van der Waals surface area contributed by atoms with Crippen molar-refractivity contribution in [1.29, 1.82) is 0 Å². The number of carbonyl (C=O) groups is 2. The van der Waals surface area contributed by atoms with Crippen molar-refractivity contribution in [1.82, 2.24) is 9.80 Å². The van der Waals surface area contributed by atoms with E-state index in [1.54, 1.807) is 12.1 Å². The molecule has 272 valence electrons. The number of primary amides is 1. The van der Waals surface area contributed by atoms with E-state index in [-0.39, 0.29) is 17.7 Å². The van der Waals surface area contributed by atoms with Crippen LogP contribution in [0.4, 0.5) is 4.39 Å². The Bertz CT molecular complexity index is 1050. The van der Waals surface area contributed by atoms with Gasteiger partial charge in [-0.25, -0.2) is 4.39 Å². The fourth-order valence-electron chi connectivity index (χ4n) is 7.57. The highest BCUT2D eigenvalue weighted by molar-refractivity contribution is 5.85. The molecule has 3 rings (SSSR count). The van der Waals surface area contributed by atoms with Crippen LogP contribution in [0.2, 0.25) is 0 Å². The second kappa shape index (κ2) is 24.0. The summed E-state index contributed by atoms with van der Waals surface area (Å²) in [6.07, 6.45) is 30.3. The summed E-state index contributed by atoms with van der Waals surface area (Å²) in [5, 5.41) is 0. The smallest absolute Gasteiger partial charge is 0.311 e. The second-order valence-electron chi connectivity index (χ2n) is 14.5. The molecule has 2 saturated heterocycles. The molecule has 0 aliphatic carbocycles. The van der Waals surface area contributed by atoms with Crippen LogP contribution in [-0.4, -0.2) is 59.9 Å². The molecule has 6 nitrogen and oxygen atoms in total. The highest BCUT2D eigenvalue weighted by atomic mass is 19.1. The van der Waals surface area contributed by atoms with E-state index in [0.717, 1.165) is 77.7 Å². The predicted molar refractivity (Wildman–Crippen MR) is 197 cm³/mol. The molecule has 0 unspecified atom stereocenters. The Kier molecular flexibility index (Phi) is 20.1. The molecule has 2 fully saturated rings. The summed E-state index contributed by atoms with van der Waals surface area (Å²) in [5.41, 5.74) is 6.16. The summed E-state index contributed by atoms with van der Waals surface area (Å²) < 4.78 is 19.5. The van der Waals surface area contributed by atoms with E-state index >= 15 is 0 Å². The van der Waals surface area contributed by atoms with Crippen LogP contribution in [0, 0.1) is 5.82 Å². The molecule has 0 atom stereocenters. The number of hydrogen-bond donors (Lipinski definition) is 1. The number of hydrogen-bond acceptors (Lipinski definition) is 5. The molecule has 1 amide bonds. The van der Waals surface area contributed by atoms with Crippen molar-refractivity contribution < 1.29 is 18.7 Å². The number of carbonyl (C=O) groups excluding carboxylic acids is 2. The molecule has 48 heavy (non-hydrogen) atoms. The third-order valence-electron chi connectivity index (χ3n) is 10.7. The zero-order valence-electron chi connectivity index (χ0n) is 30.5. The molecule has 1 aromatic rings. The lowest BCUT2D eigenvalue weighted by molar-refractivity contribution is -0.137. The van der Waals surface area contributed by atoms with Gasteiger partial charge in [0, 0.05) is 31.6 Å². The van der Waals surface area contributed by atoms with Crippen molar-refractivity contribution in [2.24, 2.45) is 5.73 Å². The molecule has 0 aromatic heterocycles. The van der Waals surface area contributed by atoms with Crippen molar-refractivity contribution in [2.75, 3.05) is 32.7 Å². The van der Waals surface area contributed by atoms with Gasteiger partial charge in [0.25, 0.3) is 0 Å². The molecule has 0 saturated carbocycles. The van der Waals surface area contributed by atoms with Crippen molar-refractivity contribution in [2.45, 2.75) is 167 Å². The zero-order valence-corrected chi connectivity index (χ0v) is 30.5. The zero-order chi connectivity index (χ0) is 34.3. The first-order chi connectivity index (χ1) is 23.4. The number of rotatable bonds is 25. The summed E-state index contributed by atoms with van der Waals surface area (Å²) >= 11 is 0. The van der Waals surface area contributed by atoms with E-state index in [1.807, 2.05) is 6.08 Å². The van der Waals surface area contributed by atoms with E-state index in [9.17, 15) is 14.0 Å². The number of halogens is 1. The lowest BCUT2D eigenvalue weighted by Crippen LogP contribution is -2.63. The van der Waals surface area contributed by atoms with Gasteiger partial charge >= 0.3 is 5.97 Å². The normalized spacial score (nSPS) is 17.4. The third-order valence-corrected chi connectivity index (χ3v) is 10.7. The maximum atomic E-state index is 13.6. The summed E-state index contributed by atoms with van der Waals surface area (Å²) in [6, 6.07) is 6.15. The van der Waals surface area contributed by atoms with Crippen molar-refractivity contribution in [3.63, 3.8) is 0 Å². The topological polar surface area (TPSA) is 75.9 Å². The van der Waals surface area contributed by atoms with Crippen LogP contribution in [0.3, 0.4) is 0 Å². The first kappa shape index (κ1) is 40.2. The molecular formula is C41H68FN3O3. The largest absolute Gasteiger partial charge is 0.426 e. The van der Waals surface area contributed by atoms with E-state index in [0.29, 0.717) is 24.2 Å². The number of nitrogens with two attached hydrogens (primary N) is 1. The summed E-state index contributed by atoms with van der Waals surface area (Å²) in [6.45, 7) is 6.63. The molecule has 2 aliphatic rings. The molecule has 1 aromatic carbocycles. The minimum atomic E-state index is -0.520. The molecule has 7 heteroatoms.